The van der Waals surface area contributed by atoms with E-state index >= 15 is 4.39 Å². The van der Waals surface area contributed by atoms with E-state index in [-0.39, 0.29) is 41.7 Å². The maximum absolute atomic E-state index is 15.3. The summed E-state index contributed by atoms with van der Waals surface area (Å²) in [6, 6.07) is 6.78. The lowest BCUT2D eigenvalue weighted by molar-refractivity contribution is -0.136. The highest BCUT2D eigenvalue weighted by Crippen LogP contribution is 2.36. The number of piperidine rings is 1. The number of aromatic amines is 1. The quantitative estimate of drug-likeness (QED) is 0.291. The highest BCUT2D eigenvalue weighted by Gasteiger charge is 2.39. The molecule has 2 amide bonds. The maximum Gasteiger partial charge on any atom is 0.292 e. The van der Waals surface area contributed by atoms with Gasteiger partial charge in [-0.15, -0.1) is 0 Å². The number of pyridine rings is 1. The second-order valence-corrected chi connectivity index (χ2v) is 12.3. The predicted octanol–water partition coefficient (Wildman–Crippen LogP) is 4.58. The molecule has 11 nitrogen and oxygen atoms in total. The molecule has 220 valence electrons. The Morgan fingerprint density at radius 1 is 1.19 bits per heavy atom. The van der Waals surface area contributed by atoms with Crippen molar-refractivity contribution in [2.75, 3.05) is 11.9 Å². The van der Waals surface area contributed by atoms with Crippen LogP contribution in [0, 0.1) is 11.7 Å². The molecule has 2 aliphatic rings. The third-order valence-electron chi connectivity index (χ3n) is 8.06. The summed E-state index contributed by atoms with van der Waals surface area (Å²) in [5, 5.41) is 18.2. The van der Waals surface area contributed by atoms with Crippen molar-refractivity contribution in [3.05, 3.63) is 53.6 Å². The first-order valence-electron chi connectivity index (χ1n) is 14.4. The summed E-state index contributed by atoms with van der Waals surface area (Å²) < 4.78 is 20.5. The monoisotopic (exact) mass is 574 g/mol. The summed E-state index contributed by atoms with van der Waals surface area (Å²) in [6.45, 7) is 8.54. The van der Waals surface area contributed by atoms with Crippen molar-refractivity contribution in [3.8, 4) is 11.1 Å². The Balaban J connectivity index is 1.19. The number of carbonyl (C=O) groups is 2. The van der Waals surface area contributed by atoms with Gasteiger partial charge in [-0.25, -0.2) is 9.37 Å². The number of hydrogen-bond donors (Lipinski definition) is 3. The maximum atomic E-state index is 15.3. The van der Waals surface area contributed by atoms with E-state index in [0.717, 1.165) is 43.2 Å². The molecule has 0 bridgehead atoms. The van der Waals surface area contributed by atoms with Crippen LogP contribution in [0.4, 0.5) is 10.2 Å². The van der Waals surface area contributed by atoms with E-state index in [9.17, 15) is 9.59 Å². The molecule has 42 heavy (non-hydrogen) atoms. The highest BCUT2D eigenvalue weighted by atomic mass is 19.1. The normalized spacial score (nSPS) is 19.2. The minimum atomic E-state index is -0.544. The summed E-state index contributed by atoms with van der Waals surface area (Å²) in [5.41, 5.74) is 1.92. The third-order valence-corrected chi connectivity index (χ3v) is 8.06. The van der Waals surface area contributed by atoms with Crippen LogP contribution in [-0.2, 0) is 16.8 Å². The number of rotatable bonds is 7. The summed E-state index contributed by atoms with van der Waals surface area (Å²) in [5.74, 6) is 0.302. The van der Waals surface area contributed by atoms with E-state index in [2.05, 4.69) is 42.9 Å². The van der Waals surface area contributed by atoms with Crippen LogP contribution < -0.4 is 10.6 Å². The van der Waals surface area contributed by atoms with Crippen LogP contribution in [0.3, 0.4) is 0 Å². The fourth-order valence-corrected chi connectivity index (χ4v) is 5.42. The third kappa shape index (κ3) is 5.45. The number of halogens is 1. The van der Waals surface area contributed by atoms with E-state index in [4.69, 9.17) is 4.52 Å². The van der Waals surface area contributed by atoms with Gasteiger partial charge < -0.3 is 20.1 Å². The second kappa shape index (κ2) is 10.8. The van der Waals surface area contributed by atoms with Crippen LogP contribution in [0.25, 0.3) is 22.2 Å². The molecule has 3 aromatic heterocycles. The van der Waals surface area contributed by atoms with Crippen molar-refractivity contribution in [2.24, 2.45) is 5.92 Å². The molecule has 4 aromatic rings. The van der Waals surface area contributed by atoms with Gasteiger partial charge in [-0.2, -0.15) is 10.1 Å². The zero-order valence-corrected chi connectivity index (χ0v) is 24.2. The Morgan fingerprint density at radius 3 is 2.71 bits per heavy atom. The zero-order valence-electron chi connectivity index (χ0n) is 24.2. The number of aromatic nitrogens is 5. The van der Waals surface area contributed by atoms with E-state index in [1.807, 2.05) is 31.7 Å². The SMILES string of the molecule is C[C@@H]1[C@H](Nc2n[nH]c3nccc(-c4ccc(CNC(=O)c5noc(C(C)(C)C)n5)c(F)c4)c23)CCCN1C(=O)C1CC1. The first-order valence-corrected chi connectivity index (χ1v) is 14.4. The fraction of sp³-hybridized carbons (Fsp3) is 0.467. The van der Waals surface area contributed by atoms with Gasteiger partial charge in [0.05, 0.1) is 5.39 Å². The molecule has 1 aliphatic carbocycles. The van der Waals surface area contributed by atoms with Gasteiger partial charge in [0.1, 0.15) is 5.82 Å². The minimum absolute atomic E-state index is 0.0261. The number of benzene rings is 1. The molecule has 3 N–H and O–H groups in total. The van der Waals surface area contributed by atoms with Crippen molar-refractivity contribution in [2.45, 2.75) is 77.4 Å². The molecular weight excluding hydrogens is 539 g/mol. The van der Waals surface area contributed by atoms with Crippen LogP contribution in [0.15, 0.2) is 35.0 Å². The van der Waals surface area contributed by atoms with Gasteiger partial charge in [0.25, 0.3) is 11.7 Å². The van der Waals surface area contributed by atoms with Gasteiger partial charge in [0.2, 0.25) is 11.8 Å². The summed E-state index contributed by atoms with van der Waals surface area (Å²) in [6.07, 6.45) is 5.45. The molecule has 0 radical (unpaired) electrons. The summed E-state index contributed by atoms with van der Waals surface area (Å²) in [4.78, 5) is 35.9. The van der Waals surface area contributed by atoms with Crippen LogP contribution >= 0.6 is 0 Å². The van der Waals surface area contributed by atoms with Gasteiger partial charge in [0.15, 0.2) is 11.5 Å². The summed E-state index contributed by atoms with van der Waals surface area (Å²) >= 11 is 0. The lowest BCUT2D eigenvalue weighted by Crippen LogP contribution is -2.52. The summed E-state index contributed by atoms with van der Waals surface area (Å²) in [7, 11) is 0. The van der Waals surface area contributed by atoms with E-state index in [0.29, 0.717) is 28.5 Å². The Labute approximate surface area is 242 Å². The molecule has 1 saturated carbocycles. The number of nitrogens with one attached hydrogen (secondary N) is 3. The van der Waals surface area contributed by atoms with Crippen molar-refractivity contribution >= 4 is 28.7 Å². The molecule has 2 fully saturated rings. The lowest BCUT2D eigenvalue weighted by Gasteiger charge is -2.40. The molecule has 1 aliphatic heterocycles. The Kier molecular flexibility index (Phi) is 7.15. The molecule has 6 rings (SSSR count). The largest absolute Gasteiger partial charge is 0.363 e. The van der Waals surface area contributed by atoms with E-state index < -0.39 is 11.7 Å². The van der Waals surface area contributed by atoms with Crippen molar-refractivity contribution in [1.29, 1.82) is 0 Å². The Bertz CT molecular complexity index is 1640. The second-order valence-electron chi connectivity index (χ2n) is 12.3. The van der Waals surface area contributed by atoms with Gasteiger partial charge in [-0.3, -0.25) is 14.7 Å². The Morgan fingerprint density at radius 2 is 2.00 bits per heavy atom. The number of fused-ring (bicyclic) bond motifs is 1. The number of hydrogen-bond acceptors (Lipinski definition) is 8. The van der Waals surface area contributed by atoms with Gasteiger partial charge >= 0.3 is 0 Å². The van der Waals surface area contributed by atoms with Gasteiger partial charge in [-0.05, 0) is 55.9 Å². The zero-order chi connectivity index (χ0) is 29.6. The minimum Gasteiger partial charge on any atom is -0.363 e. The van der Waals surface area contributed by atoms with Gasteiger partial charge in [-0.1, -0.05) is 38.1 Å². The van der Waals surface area contributed by atoms with Crippen LogP contribution in [-0.4, -0.2) is 60.7 Å². The average Bonchev–Trinajstić information content (AvgIpc) is 3.53. The first kappa shape index (κ1) is 27.8. The fourth-order valence-electron chi connectivity index (χ4n) is 5.42. The molecule has 1 aromatic carbocycles. The molecule has 2 atom stereocenters. The number of nitrogens with zero attached hydrogens (tertiary/aromatic N) is 5. The van der Waals surface area contributed by atoms with Crippen molar-refractivity contribution in [1.82, 2.24) is 35.5 Å². The molecule has 12 heteroatoms. The molecule has 4 heterocycles. The Hall–Kier alpha value is -4.35. The number of likely N-dealkylation sites (tertiary alicyclic amines) is 1. The number of carbonyl (C=O) groups excluding carboxylic acids is 2. The smallest absolute Gasteiger partial charge is 0.292 e. The number of H-pyrrole nitrogens is 1. The highest BCUT2D eigenvalue weighted by molar-refractivity contribution is 6.00. The van der Waals surface area contributed by atoms with Crippen molar-refractivity contribution in [3.63, 3.8) is 0 Å². The molecule has 0 spiro atoms. The predicted molar refractivity (Wildman–Crippen MR) is 154 cm³/mol. The van der Waals surface area contributed by atoms with E-state index in [1.54, 1.807) is 18.3 Å². The number of amides is 2. The first-order chi connectivity index (χ1) is 20.1. The molecular formula is C30H35FN8O3. The van der Waals surface area contributed by atoms with E-state index in [1.165, 1.54) is 6.07 Å². The van der Waals surface area contributed by atoms with Crippen LogP contribution in [0.1, 0.15) is 75.5 Å². The van der Waals surface area contributed by atoms with Crippen LogP contribution in [0.2, 0.25) is 0 Å². The number of anilines is 1. The topological polar surface area (TPSA) is 142 Å². The lowest BCUT2D eigenvalue weighted by atomic mass is 9.96. The van der Waals surface area contributed by atoms with Crippen LogP contribution in [0.5, 0.6) is 0 Å². The standard InChI is InChI=1S/C30H35FN8O3/c1-16-22(6-5-13-39(16)28(41)17-7-8-17)34-25-23-20(11-12-32-24(23)36-37-25)18-9-10-19(21(31)14-18)15-33-27(40)26-35-29(42-38-26)30(2,3)4/h9-12,14,16-17,22H,5-8,13,15H2,1-4H3,(H,33,40)(H2,32,34,36,37)/t16-,22-/m1/s1. The van der Waals surface area contributed by atoms with Crippen molar-refractivity contribution < 1.29 is 18.5 Å². The van der Waals surface area contributed by atoms with Gasteiger partial charge in [0, 0.05) is 48.3 Å². The average molecular weight is 575 g/mol. The molecule has 1 saturated heterocycles. The molecule has 0 unspecified atom stereocenters.